The Morgan fingerprint density at radius 1 is 1.53 bits per heavy atom. The summed E-state index contributed by atoms with van der Waals surface area (Å²) < 4.78 is 5.76. The summed E-state index contributed by atoms with van der Waals surface area (Å²) in [4.78, 5) is 1.11. The Morgan fingerprint density at radius 3 is 3.12 bits per heavy atom. The molecule has 6 heteroatoms. The summed E-state index contributed by atoms with van der Waals surface area (Å²) in [5.41, 5.74) is 2.17. The fourth-order valence-electron chi connectivity index (χ4n) is 1.50. The summed E-state index contributed by atoms with van der Waals surface area (Å²) in [5, 5.41) is 10.4. The molecule has 2 N–H and O–H groups in total. The number of ether oxygens (including phenoxy) is 1. The molecule has 2 aromatic rings. The zero-order valence-electron chi connectivity index (χ0n) is 9.50. The first-order chi connectivity index (χ1) is 8.31. The highest BCUT2D eigenvalue weighted by Crippen LogP contribution is 2.31. The highest BCUT2D eigenvalue weighted by atomic mass is 35.5. The lowest BCUT2D eigenvalue weighted by Gasteiger charge is -2.03. The normalized spacial score (nSPS) is 10.9. The zero-order chi connectivity index (χ0) is 12.1. The predicted molar refractivity (Wildman–Crippen MR) is 70.5 cm³/mol. The number of halogens is 1. The minimum atomic E-state index is 0.706. The molecule has 0 fully saturated rings. The van der Waals surface area contributed by atoms with Crippen molar-refractivity contribution in [2.24, 2.45) is 0 Å². The van der Waals surface area contributed by atoms with E-state index in [2.05, 4.69) is 15.5 Å². The lowest BCUT2D eigenvalue weighted by atomic mass is 10.2. The van der Waals surface area contributed by atoms with Crippen LogP contribution in [0.1, 0.15) is 5.56 Å². The van der Waals surface area contributed by atoms with Gasteiger partial charge in [0.15, 0.2) is 0 Å². The van der Waals surface area contributed by atoms with E-state index in [0.717, 1.165) is 33.6 Å². The molecule has 0 bridgehead atoms. The van der Waals surface area contributed by atoms with Gasteiger partial charge in [-0.3, -0.25) is 5.10 Å². The number of rotatable bonds is 6. The summed E-state index contributed by atoms with van der Waals surface area (Å²) in [6, 6.07) is 3.89. The fraction of sp³-hybridized carbons (Fsp3) is 0.364. The SMILES string of the molecule is COCCNCc1cn[nH]c1-c1ccc(Cl)s1. The minimum Gasteiger partial charge on any atom is -0.383 e. The van der Waals surface area contributed by atoms with Crippen molar-refractivity contribution in [2.45, 2.75) is 6.54 Å². The van der Waals surface area contributed by atoms with E-state index < -0.39 is 0 Å². The molecule has 0 aliphatic heterocycles. The third-order valence-electron chi connectivity index (χ3n) is 2.34. The molecule has 0 radical (unpaired) electrons. The summed E-state index contributed by atoms with van der Waals surface area (Å²) in [6.45, 7) is 2.30. The van der Waals surface area contributed by atoms with Gasteiger partial charge in [0.25, 0.3) is 0 Å². The maximum Gasteiger partial charge on any atom is 0.0935 e. The van der Waals surface area contributed by atoms with Crippen molar-refractivity contribution in [1.29, 1.82) is 0 Å². The van der Waals surface area contributed by atoms with Gasteiger partial charge in [-0.15, -0.1) is 11.3 Å². The van der Waals surface area contributed by atoms with Gasteiger partial charge in [0.05, 0.1) is 27.7 Å². The smallest absolute Gasteiger partial charge is 0.0935 e. The number of nitrogens with zero attached hydrogens (tertiary/aromatic N) is 1. The fourth-order valence-corrected chi connectivity index (χ4v) is 2.58. The van der Waals surface area contributed by atoms with Crippen molar-refractivity contribution in [2.75, 3.05) is 20.3 Å². The number of aromatic nitrogens is 2. The number of hydrogen-bond acceptors (Lipinski definition) is 4. The minimum absolute atomic E-state index is 0.706. The molecule has 0 unspecified atom stereocenters. The molecule has 92 valence electrons. The highest BCUT2D eigenvalue weighted by Gasteiger charge is 2.09. The molecular weight excluding hydrogens is 258 g/mol. The number of aromatic amines is 1. The Bertz CT molecular complexity index is 469. The highest BCUT2D eigenvalue weighted by molar-refractivity contribution is 7.19. The Kier molecular flexibility index (Phi) is 4.56. The van der Waals surface area contributed by atoms with Crippen LogP contribution in [0, 0.1) is 0 Å². The number of thiophene rings is 1. The molecule has 0 atom stereocenters. The van der Waals surface area contributed by atoms with Crippen molar-refractivity contribution in [3.05, 3.63) is 28.2 Å². The summed E-state index contributed by atoms with van der Waals surface area (Å²) in [5.74, 6) is 0. The second kappa shape index (κ2) is 6.16. The Balaban J connectivity index is 2.02. The van der Waals surface area contributed by atoms with Crippen LogP contribution in [-0.4, -0.2) is 30.5 Å². The quantitative estimate of drug-likeness (QED) is 0.794. The van der Waals surface area contributed by atoms with E-state index in [1.54, 1.807) is 18.4 Å². The van der Waals surface area contributed by atoms with Crippen LogP contribution < -0.4 is 5.32 Å². The second-order valence-electron chi connectivity index (χ2n) is 3.54. The monoisotopic (exact) mass is 271 g/mol. The van der Waals surface area contributed by atoms with Gasteiger partial charge in [0.1, 0.15) is 0 Å². The van der Waals surface area contributed by atoms with Crippen LogP contribution in [0.4, 0.5) is 0 Å². The van der Waals surface area contributed by atoms with Crippen molar-refractivity contribution in [3.63, 3.8) is 0 Å². The van der Waals surface area contributed by atoms with Crippen molar-refractivity contribution in [3.8, 4) is 10.6 Å². The molecule has 0 saturated heterocycles. The molecule has 0 aliphatic rings. The maximum absolute atomic E-state index is 5.93. The lowest BCUT2D eigenvalue weighted by molar-refractivity contribution is 0.199. The number of nitrogens with one attached hydrogen (secondary N) is 2. The zero-order valence-corrected chi connectivity index (χ0v) is 11.1. The van der Waals surface area contributed by atoms with Gasteiger partial charge in [-0.05, 0) is 12.1 Å². The van der Waals surface area contributed by atoms with E-state index in [9.17, 15) is 0 Å². The van der Waals surface area contributed by atoms with Crippen LogP contribution in [0.25, 0.3) is 10.6 Å². The molecule has 0 amide bonds. The molecule has 2 heterocycles. The van der Waals surface area contributed by atoms with Crippen LogP contribution in [0.2, 0.25) is 4.34 Å². The van der Waals surface area contributed by atoms with E-state index in [0.29, 0.717) is 6.61 Å². The van der Waals surface area contributed by atoms with Crippen molar-refractivity contribution < 1.29 is 4.74 Å². The van der Waals surface area contributed by atoms with Gasteiger partial charge >= 0.3 is 0 Å². The topological polar surface area (TPSA) is 49.9 Å². The van der Waals surface area contributed by atoms with Crippen molar-refractivity contribution >= 4 is 22.9 Å². The molecule has 4 nitrogen and oxygen atoms in total. The van der Waals surface area contributed by atoms with E-state index in [1.807, 2.05) is 18.3 Å². The van der Waals surface area contributed by atoms with Crippen LogP contribution in [0.5, 0.6) is 0 Å². The summed E-state index contributed by atoms with van der Waals surface area (Å²) in [6.07, 6.45) is 1.84. The van der Waals surface area contributed by atoms with E-state index in [-0.39, 0.29) is 0 Å². The predicted octanol–water partition coefficient (Wildman–Crippen LogP) is 2.53. The van der Waals surface area contributed by atoms with Crippen molar-refractivity contribution in [1.82, 2.24) is 15.5 Å². The Labute approximate surface area is 109 Å². The van der Waals surface area contributed by atoms with Crippen LogP contribution >= 0.6 is 22.9 Å². The molecule has 17 heavy (non-hydrogen) atoms. The number of H-pyrrole nitrogens is 1. The largest absolute Gasteiger partial charge is 0.383 e. The molecule has 2 rings (SSSR count). The third-order valence-corrected chi connectivity index (χ3v) is 3.58. The average molecular weight is 272 g/mol. The molecule has 0 aliphatic carbocycles. The Hall–Kier alpha value is -0.880. The van der Waals surface area contributed by atoms with Gasteiger partial charge in [-0.1, -0.05) is 11.6 Å². The van der Waals surface area contributed by atoms with Gasteiger partial charge in [0.2, 0.25) is 0 Å². The summed E-state index contributed by atoms with van der Waals surface area (Å²) >= 11 is 7.47. The average Bonchev–Trinajstić information content (AvgIpc) is 2.93. The number of methoxy groups -OCH3 is 1. The Morgan fingerprint density at radius 2 is 2.41 bits per heavy atom. The first kappa shape index (κ1) is 12.6. The lowest BCUT2D eigenvalue weighted by Crippen LogP contribution is -2.18. The maximum atomic E-state index is 5.93. The molecular formula is C11H14ClN3OS. The standard InChI is InChI=1S/C11H14ClN3OS/c1-16-5-4-13-6-8-7-14-15-11(8)9-2-3-10(12)17-9/h2-3,7,13H,4-6H2,1H3,(H,14,15). The number of hydrogen-bond donors (Lipinski definition) is 2. The van der Waals surface area contributed by atoms with E-state index >= 15 is 0 Å². The van der Waals surface area contributed by atoms with Gasteiger partial charge in [-0.25, -0.2) is 0 Å². The van der Waals surface area contributed by atoms with Crippen LogP contribution in [0.15, 0.2) is 18.3 Å². The van der Waals surface area contributed by atoms with E-state index in [1.165, 1.54) is 0 Å². The molecule has 0 aromatic carbocycles. The van der Waals surface area contributed by atoms with E-state index in [4.69, 9.17) is 16.3 Å². The first-order valence-corrected chi connectivity index (χ1v) is 6.48. The molecule has 0 spiro atoms. The molecule has 2 aromatic heterocycles. The third kappa shape index (κ3) is 3.29. The molecule has 0 saturated carbocycles. The van der Waals surface area contributed by atoms with Gasteiger partial charge in [-0.2, -0.15) is 5.10 Å². The second-order valence-corrected chi connectivity index (χ2v) is 5.26. The van der Waals surface area contributed by atoms with Gasteiger partial charge < -0.3 is 10.1 Å². The van der Waals surface area contributed by atoms with Crippen LogP contribution in [-0.2, 0) is 11.3 Å². The first-order valence-electron chi connectivity index (χ1n) is 5.29. The van der Waals surface area contributed by atoms with Gasteiger partial charge in [0, 0.05) is 25.8 Å². The summed E-state index contributed by atoms with van der Waals surface area (Å²) in [7, 11) is 1.69. The van der Waals surface area contributed by atoms with Crippen LogP contribution in [0.3, 0.4) is 0 Å².